The Bertz CT molecular complexity index is 611. The number of carbonyl (C=O) groups is 1. The molecular formula is C18H25N3O3. The minimum absolute atomic E-state index is 0.0781. The van der Waals surface area contributed by atoms with E-state index in [1.54, 1.807) is 49.9 Å². The lowest BCUT2D eigenvalue weighted by Crippen LogP contribution is -2.54. The van der Waals surface area contributed by atoms with Gasteiger partial charge < -0.3 is 14.7 Å². The molecule has 2 rings (SSSR count). The van der Waals surface area contributed by atoms with Crippen LogP contribution >= 0.6 is 0 Å². The average Bonchev–Trinajstić information content (AvgIpc) is 2.54. The smallest absolute Gasteiger partial charge is 0.263 e. The minimum atomic E-state index is -0.733. The molecule has 0 aromatic heterocycles. The zero-order valence-electron chi connectivity index (χ0n) is 14.5. The molecule has 6 heteroatoms. The molecule has 1 amide bonds. The van der Waals surface area contributed by atoms with Crippen molar-refractivity contribution in [1.29, 1.82) is 5.26 Å². The van der Waals surface area contributed by atoms with Gasteiger partial charge in [0.2, 0.25) is 0 Å². The molecule has 6 nitrogen and oxygen atoms in total. The molecule has 0 unspecified atom stereocenters. The van der Waals surface area contributed by atoms with E-state index in [0.29, 0.717) is 30.9 Å². The monoisotopic (exact) mass is 331 g/mol. The first kappa shape index (κ1) is 18.2. The lowest BCUT2D eigenvalue weighted by atomic mass is 10.1. The summed E-state index contributed by atoms with van der Waals surface area (Å²) in [5.74, 6) is 0.354. The van der Waals surface area contributed by atoms with Gasteiger partial charge in [-0.2, -0.15) is 5.26 Å². The molecule has 1 aliphatic rings. The van der Waals surface area contributed by atoms with Gasteiger partial charge in [0.1, 0.15) is 11.8 Å². The van der Waals surface area contributed by atoms with Crippen LogP contribution < -0.4 is 4.74 Å². The van der Waals surface area contributed by atoms with E-state index in [9.17, 15) is 9.90 Å². The number of aliphatic hydroxyl groups is 1. The van der Waals surface area contributed by atoms with Crippen molar-refractivity contribution in [3.05, 3.63) is 29.8 Å². The summed E-state index contributed by atoms with van der Waals surface area (Å²) in [6.45, 7) is 8.57. The SMILES string of the molecule is C[C@@H](Oc1ccccc1C#N)C(=O)N1CCN(CC(C)(C)O)CC1. The summed E-state index contributed by atoms with van der Waals surface area (Å²) in [6, 6.07) is 8.98. The molecule has 0 bridgehead atoms. The summed E-state index contributed by atoms with van der Waals surface area (Å²) in [5.41, 5.74) is -0.309. The second-order valence-electron chi connectivity index (χ2n) is 6.78. The van der Waals surface area contributed by atoms with E-state index in [1.807, 2.05) is 0 Å². The number of nitrogens with zero attached hydrogens (tertiary/aromatic N) is 3. The third kappa shape index (κ3) is 4.95. The van der Waals surface area contributed by atoms with Crippen molar-refractivity contribution in [3.63, 3.8) is 0 Å². The molecule has 1 heterocycles. The second kappa shape index (κ2) is 7.65. The van der Waals surface area contributed by atoms with Crippen molar-refractivity contribution in [2.45, 2.75) is 32.5 Å². The highest BCUT2D eigenvalue weighted by atomic mass is 16.5. The molecule has 1 N–H and O–H groups in total. The summed E-state index contributed by atoms with van der Waals surface area (Å²) in [7, 11) is 0. The highest BCUT2D eigenvalue weighted by molar-refractivity contribution is 5.81. The largest absolute Gasteiger partial charge is 0.480 e. The number of benzene rings is 1. The summed E-state index contributed by atoms with van der Waals surface area (Å²) < 4.78 is 5.69. The van der Waals surface area contributed by atoms with Gasteiger partial charge in [-0.05, 0) is 32.9 Å². The number of carbonyl (C=O) groups excluding carboxylic acids is 1. The highest BCUT2D eigenvalue weighted by Gasteiger charge is 2.28. The van der Waals surface area contributed by atoms with Crippen LogP contribution in [0.15, 0.2) is 24.3 Å². The molecule has 24 heavy (non-hydrogen) atoms. The minimum Gasteiger partial charge on any atom is -0.480 e. The number of piperazine rings is 1. The zero-order chi connectivity index (χ0) is 17.7. The van der Waals surface area contributed by atoms with Gasteiger partial charge in [-0.15, -0.1) is 0 Å². The number of rotatable bonds is 5. The molecule has 1 aromatic rings. The van der Waals surface area contributed by atoms with E-state index >= 15 is 0 Å². The molecule has 0 radical (unpaired) electrons. The van der Waals surface area contributed by atoms with Crippen molar-refractivity contribution in [1.82, 2.24) is 9.80 Å². The summed E-state index contributed by atoms with van der Waals surface area (Å²) in [5, 5.41) is 19.0. The number of amides is 1. The molecule has 1 fully saturated rings. The number of ether oxygens (including phenoxy) is 1. The number of hydrogen-bond donors (Lipinski definition) is 1. The second-order valence-corrected chi connectivity index (χ2v) is 6.78. The zero-order valence-corrected chi connectivity index (χ0v) is 14.5. The molecule has 0 spiro atoms. The van der Waals surface area contributed by atoms with Crippen molar-refractivity contribution < 1.29 is 14.6 Å². The predicted octanol–water partition coefficient (Wildman–Crippen LogP) is 1.24. The van der Waals surface area contributed by atoms with Crippen molar-refractivity contribution in [3.8, 4) is 11.8 Å². The predicted molar refractivity (Wildman–Crippen MR) is 90.6 cm³/mol. The molecule has 1 aromatic carbocycles. The Morgan fingerprint density at radius 3 is 2.54 bits per heavy atom. The van der Waals surface area contributed by atoms with Crippen LogP contribution in [0.1, 0.15) is 26.3 Å². The normalized spacial score (nSPS) is 17.2. The van der Waals surface area contributed by atoms with Gasteiger partial charge >= 0.3 is 0 Å². The lowest BCUT2D eigenvalue weighted by Gasteiger charge is -2.38. The van der Waals surface area contributed by atoms with E-state index in [2.05, 4.69) is 11.0 Å². The molecular weight excluding hydrogens is 306 g/mol. The Kier molecular flexibility index (Phi) is 5.81. The molecule has 0 aliphatic carbocycles. The maximum Gasteiger partial charge on any atom is 0.263 e. The average molecular weight is 331 g/mol. The Balaban J connectivity index is 1.90. The first-order chi connectivity index (χ1) is 11.3. The Morgan fingerprint density at radius 2 is 1.96 bits per heavy atom. The third-order valence-corrected chi connectivity index (χ3v) is 3.95. The van der Waals surface area contributed by atoms with Crippen molar-refractivity contribution in [2.24, 2.45) is 0 Å². The van der Waals surface area contributed by atoms with E-state index in [4.69, 9.17) is 10.00 Å². The van der Waals surface area contributed by atoms with Crippen molar-refractivity contribution in [2.75, 3.05) is 32.7 Å². The number of para-hydroxylation sites is 1. The van der Waals surface area contributed by atoms with Crippen LogP contribution in [-0.2, 0) is 4.79 Å². The Morgan fingerprint density at radius 1 is 1.33 bits per heavy atom. The van der Waals surface area contributed by atoms with Crippen LogP contribution in [0.2, 0.25) is 0 Å². The Hall–Kier alpha value is -2.10. The topological polar surface area (TPSA) is 76.8 Å². The number of nitriles is 1. The molecule has 130 valence electrons. The Labute approximate surface area is 143 Å². The van der Waals surface area contributed by atoms with Gasteiger partial charge in [-0.3, -0.25) is 9.69 Å². The molecule has 1 saturated heterocycles. The van der Waals surface area contributed by atoms with Crippen molar-refractivity contribution >= 4 is 5.91 Å². The molecule has 1 aliphatic heterocycles. The van der Waals surface area contributed by atoms with Crippen LogP contribution in [0, 0.1) is 11.3 Å². The fraction of sp³-hybridized carbons (Fsp3) is 0.556. The molecule has 1 atom stereocenters. The van der Waals surface area contributed by atoms with E-state index in [-0.39, 0.29) is 5.91 Å². The van der Waals surface area contributed by atoms with E-state index in [1.165, 1.54) is 0 Å². The van der Waals surface area contributed by atoms with E-state index < -0.39 is 11.7 Å². The molecule has 0 saturated carbocycles. The summed E-state index contributed by atoms with van der Waals surface area (Å²) in [6.07, 6.45) is -0.639. The highest BCUT2D eigenvalue weighted by Crippen LogP contribution is 2.19. The van der Waals surface area contributed by atoms with Gasteiger partial charge in [-0.25, -0.2) is 0 Å². The van der Waals surface area contributed by atoms with Gasteiger partial charge in [0.15, 0.2) is 6.10 Å². The summed E-state index contributed by atoms with van der Waals surface area (Å²) in [4.78, 5) is 16.5. The fourth-order valence-electron chi connectivity index (χ4n) is 2.83. The van der Waals surface area contributed by atoms with E-state index in [0.717, 1.165) is 13.1 Å². The first-order valence-electron chi connectivity index (χ1n) is 8.19. The van der Waals surface area contributed by atoms with Gasteiger partial charge in [-0.1, -0.05) is 12.1 Å². The van der Waals surface area contributed by atoms with Crippen LogP contribution in [0.5, 0.6) is 5.75 Å². The van der Waals surface area contributed by atoms with Crippen LogP contribution in [-0.4, -0.2) is 65.2 Å². The maximum absolute atomic E-state index is 12.5. The lowest BCUT2D eigenvalue weighted by molar-refractivity contribution is -0.140. The van der Waals surface area contributed by atoms with Gasteiger partial charge in [0.05, 0.1) is 11.2 Å². The van der Waals surface area contributed by atoms with Crippen LogP contribution in [0.4, 0.5) is 0 Å². The fourth-order valence-corrected chi connectivity index (χ4v) is 2.83. The van der Waals surface area contributed by atoms with Crippen LogP contribution in [0.25, 0.3) is 0 Å². The standard InChI is InChI=1S/C18H25N3O3/c1-14(24-16-7-5-4-6-15(16)12-19)17(22)21-10-8-20(9-11-21)13-18(2,3)23/h4-7,14,23H,8-11,13H2,1-3H3/t14-/m1/s1. The summed E-state index contributed by atoms with van der Waals surface area (Å²) >= 11 is 0. The van der Waals surface area contributed by atoms with Gasteiger partial charge in [0, 0.05) is 32.7 Å². The number of β-amino-alcohol motifs (C(OH)–C–C–N with tert-alkyl or cyclic N) is 1. The third-order valence-electron chi connectivity index (χ3n) is 3.95. The van der Waals surface area contributed by atoms with Crippen LogP contribution in [0.3, 0.4) is 0 Å². The van der Waals surface area contributed by atoms with Gasteiger partial charge in [0.25, 0.3) is 5.91 Å². The quantitative estimate of drug-likeness (QED) is 0.878. The first-order valence-corrected chi connectivity index (χ1v) is 8.19. The number of hydrogen-bond acceptors (Lipinski definition) is 5. The maximum atomic E-state index is 12.5.